The predicted octanol–water partition coefficient (Wildman–Crippen LogP) is -0.352. The molecule has 1 unspecified atom stereocenters. The van der Waals surface area contributed by atoms with E-state index < -0.39 is 0 Å². The highest BCUT2D eigenvalue weighted by molar-refractivity contribution is 5.82. The lowest BCUT2D eigenvalue weighted by molar-refractivity contribution is -0.126. The molecule has 7 heteroatoms. The van der Waals surface area contributed by atoms with Crippen LogP contribution in [0.1, 0.15) is 31.5 Å². The molecule has 0 bridgehead atoms. The van der Waals surface area contributed by atoms with Gasteiger partial charge >= 0.3 is 0 Å². The van der Waals surface area contributed by atoms with E-state index >= 15 is 0 Å². The molecular weight excluding hydrogens is 268 g/mol. The Labute approximate surface area is 125 Å². The molecule has 7 nitrogen and oxygen atoms in total. The molecule has 2 aliphatic rings. The van der Waals surface area contributed by atoms with Gasteiger partial charge in [0.25, 0.3) is 0 Å². The van der Waals surface area contributed by atoms with Crippen LogP contribution in [0, 0.1) is 0 Å². The Kier molecular flexibility index (Phi) is 4.50. The van der Waals surface area contributed by atoms with Crippen molar-refractivity contribution in [1.82, 2.24) is 30.3 Å². The zero-order chi connectivity index (χ0) is 14.7. The van der Waals surface area contributed by atoms with Crippen LogP contribution in [0.5, 0.6) is 0 Å². The predicted molar refractivity (Wildman–Crippen MR) is 78.5 cm³/mol. The van der Waals surface area contributed by atoms with Crippen molar-refractivity contribution in [2.45, 2.75) is 44.3 Å². The van der Waals surface area contributed by atoms with Crippen molar-refractivity contribution >= 4 is 5.91 Å². The zero-order valence-corrected chi connectivity index (χ0v) is 12.6. The van der Waals surface area contributed by atoms with Gasteiger partial charge in [-0.3, -0.25) is 9.69 Å². The van der Waals surface area contributed by atoms with Gasteiger partial charge in [0.2, 0.25) is 5.91 Å². The van der Waals surface area contributed by atoms with Gasteiger partial charge in [-0.1, -0.05) is 0 Å². The van der Waals surface area contributed by atoms with Crippen molar-refractivity contribution < 1.29 is 4.79 Å². The Morgan fingerprint density at radius 3 is 2.95 bits per heavy atom. The first-order valence-corrected chi connectivity index (χ1v) is 7.83. The van der Waals surface area contributed by atoms with E-state index in [9.17, 15) is 4.79 Å². The summed E-state index contributed by atoms with van der Waals surface area (Å²) in [6.45, 7) is 3.63. The van der Waals surface area contributed by atoms with E-state index in [4.69, 9.17) is 0 Å². The van der Waals surface area contributed by atoms with Crippen LogP contribution in [0.2, 0.25) is 0 Å². The number of hydrogen-bond donors (Lipinski definition) is 2. The highest BCUT2D eigenvalue weighted by atomic mass is 16.2. The molecule has 1 aromatic rings. The normalized spacial score (nSPS) is 24.3. The van der Waals surface area contributed by atoms with Crippen molar-refractivity contribution in [1.29, 1.82) is 0 Å². The van der Waals surface area contributed by atoms with Crippen LogP contribution in [0.4, 0.5) is 0 Å². The molecule has 2 saturated heterocycles. The Hall–Kier alpha value is -1.47. The van der Waals surface area contributed by atoms with E-state index in [0.29, 0.717) is 12.6 Å². The van der Waals surface area contributed by atoms with Gasteiger partial charge in [0, 0.05) is 13.1 Å². The second-order valence-electron chi connectivity index (χ2n) is 5.95. The molecule has 0 radical (unpaired) electrons. The summed E-state index contributed by atoms with van der Waals surface area (Å²) in [6, 6.07) is 0.584. The van der Waals surface area contributed by atoms with Gasteiger partial charge in [-0.25, -0.2) is 0 Å². The number of aryl methyl sites for hydroxylation is 1. The van der Waals surface area contributed by atoms with Gasteiger partial charge in [-0.05, 0) is 45.3 Å². The van der Waals surface area contributed by atoms with Crippen LogP contribution in [0.25, 0.3) is 0 Å². The van der Waals surface area contributed by atoms with Gasteiger partial charge in [0.1, 0.15) is 6.33 Å². The molecule has 0 saturated carbocycles. The number of likely N-dealkylation sites (tertiary alicyclic amines) is 1. The van der Waals surface area contributed by atoms with Crippen molar-refractivity contribution in [3.8, 4) is 0 Å². The summed E-state index contributed by atoms with van der Waals surface area (Å²) in [5, 5.41) is 14.2. The van der Waals surface area contributed by atoms with Crippen LogP contribution in [-0.2, 0) is 18.4 Å². The first-order chi connectivity index (χ1) is 10.3. The summed E-state index contributed by atoms with van der Waals surface area (Å²) in [5.74, 6) is 0.920. The fourth-order valence-electron chi connectivity index (χ4n) is 3.40. The Balaban J connectivity index is 1.56. The van der Waals surface area contributed by atoms with E-state index in [2.05, 4.69) is 25.7 Å². The smallest absolute Gasteiger partial charge is 0.237 e. The van der Waals surface area contributed by atoms with Crippen molar-refractivity contribution in [2.24, 2.45) is 7.05 Å². The third-order valence-electron chi connectivity index (χ3n) is 4.60. The number of carbonyl (C=O) groups excluding carboxylic acids is 1. The minimum absolute atomic E-state index is 0.0290. The topological polar surface area (TPSA) is 75.1 Å². The molecule has 1 atom stereocenters. The summed E-state index contributed by atoms with van der Waals surface area (Å²) in [4.78, 5) is 14.9. The zero-order valence-electron chi connectivity index (χ0n) is 12.6. The summed E-state index contributed by atoms with van der Waals surface area (Å²) in [6.07, 6.45) is 6.03. The molecule has 3 rings (SSSR count). The fraction of sp³-hybridized carbons (Fsp3) is 0.786. The third kappa shape index (κ3) is 3.24. The van der Waals surface area contributed by atoms with Crippen LogP contribution >= 0.6 is 0 Å². The highest BCUT2D eigenvalue weighted by Gasteiger charge is 2.35. The minimum atomic E-state index is 0.0290. The van der Waals surface area contributed by atoms with Crippen molar-refractivity contribution in [3.05, 3.63) is 12.2 Å². The third-order valence-corrected chi connectivity index (χ3v) is 4.60. The number of carbonyl (C=O) groups is 1. The molecule has 0 aliphatic carbocycles. The summed E-state index contributed by atoms with van der Waals surface area (Å²) in [7, 11) is 1.89. The van der Waals surface area contributed by atoms with Crippen LogP contribution < -0.4 is 10.6 Å². The summed E-state index contributed by atoms with van der Waals surface area (Å²) in [5.41, 5.74) is 0. The van der Waals surface area contributed by atoms with Crippen LogP contribution in [0.3, 0.4) is 0 Å². The van der Waals surface area contributed by atoms with Crippen molar-refractivity contribution in [3.63, 3.8) is 0 Å². The van der Waals surface area contributed by atoms with Crippen LogP contribution in [-0.4, -0.2) is 57.3 Å². The molecule has 0 spiro atoms. The van der Waals surface area contributed by atoms with E-state index in [0.717, 1.165) is 51.1 Å². The number of aromatic nitrogens is 3. The molecule has 2 N–H and O–H groups in total. The summed E-state index contributed by atoms with van der Waals surface area (Å²) >= 11 is 0. The maximum atomic E-state index is 12.5. The maximum absolute atomic E-state index is 12.5. The van der Waals surface area contributed by atoms with Crippen LogP contribution in [0.15, 0.2) is 6.33 Å². The molecule has 3 heterocycles. The number of hydrogen-bond acceptors (Lipinski definition) is 5. The number of nitrogens with zero attached hydrogens (tertiary/aromatic N) is 4. The number of amides is 1. The molecule has 21 heavy (non-hydrogen) atoms. The highest BCUT2D eigenvalue weighted by Crippen LogP contribution is 2.24. The van der Waals surface area contributed by atoms with Gasteiger partial charge in [-0.15, -0.1) is 10.2 Å². The Morgan fingerprint density at radius 2 is 2.24 bits per heavy atom. The standard InChI is InChI=1S/C14H24N6O/c1-19-10-17-18-13(19)9-16-14(21)12-3-2-8-20(12)11-4-6-15-7-5-11/h10-12,15H,2-9H2,1H3,(H,16,21). The second-order valence-corrected chi connectivity index (χ2v) is 5.95. The first-order valence-electron chi connectivity index (χ1n) is 7.83. The lowest BCUT2D eigenvalue weighted by Gasteiger charge is -2.35. The second kappa shape index (κ2) is 6.53. The molecular formula is C14H24N6O. The SMILES string of the molecule is Cn1cnnc1CNC(=O)C1CCCN1C1CCNCC1. The quantitative estimate of drug-likeness (QED) is 0.793. The Bertz CT molecular complexity index is 482. The van der Waals surface area contributed by atoms with Gasteiger partial charge in [-0.2, -0.15) is 0 Å². The Morgan fingerprint density at radius 1 is 1.43 bits per heavy atom. The number of piperidine rings is 1. The maximum Gasteiger partial charge on any atom is 0.237 e. The molecule has 1 amide bonds. The molecule has 2 aliphatic heterocycles. The molecule has 1 aromatic heterocycles. The number of nitrogens with one attached hydrogen (secondary N) is 2. The number of rotatable bonds is 4. The monoisotopic (exact) mass is 292 g/mol. The average Bonchev–Trinajstić information content (AvgIpc) is 3.15. The molecule has 116 valence electrons. The van der Waals surface area contributed by atoms with E-state index in [1.165, 1.54) is 0 Å². The molecule has 2 fully saturated rings. The minimum Gasteiger partial charge on any atom is -0.347 e. The van der Waals surface area contributed by atoms with Gasteiger partial charge < -0.3 is 15.2 Å². The first kappa shape index (κ1) is 14.5. The fourth-order valence-corrected chi connectivity index (χ4v) is 3.40. The average molecular weight is 292 g/mol. The van der Waals surface area contributed by atoms with Gasteiger partial charge in [0.05, 0.1) is 12.6 Å². The van der Waals surface area contributed by atoms with Crippen molar-refractivity contribution in [2.75, 3.05) is 19.6 Å². The van der Waals surface area contributed by atoms with Gasteiger partial charge in [0.15, 0.2) is 5.82 Å². The van der Waals surface area contributed by atoms with E-state index in [1.807, 2.05) is 11.6 Å². The molecule has 0 aromatic carbocycles. The largest absolute Gasteiger partial charge is 0.347 e. The van der Waals surface area contributed by atoms with E-state index in [-0.39, 0.29) is 11.9 Å². The summed E-state index contributed by atoms with van der Waals surface area (Å²) < 4.78 is 1.83. The lowest BCUT2D eigenvalue weighted by Crippen LogP contribution is -2.50. The lowest BCUT2D eigenvalue weighted by atomic mass is 10.0. The van der Waals surface area contributed by atoms with E-state index in [1.54, 1.807) is 6.33 Å².